The van der Waals surface area contributed by atoms with Crippen LogP contribution >= 0.6 is 0 Å². The number of alkyl halides is 3. The number of fused-ring (bicyclic) bond motifs is 3. The predicted octanol–water partition coefficient (Wildman–Crippen LogP) is 4.61. The Hall–Kier alpha value is -2.37. The van der Waals surface area contributed by atoms with Gasteiger partial charge < -0.3 is 0 Å². The number of halogens is 3. The molecule has 1 aromatic heterocycles. The molecule has 0 bridgehead atoms. The zero-order valence-corrected chi connectivity index (χ0v) is 15.5. The Morgan fingerprint density at radius 1 is 1.22 bits per heavy atom. The fourth-order valence-electron chi connectivity index (χ4n) is 4.94. The molecular weight excluding hydrogens is 353 g/mol. The van der Waals surface area contributed by atoms with Crippen LogP contribution in [-0.4, -0.2) is 21.7 Å². The van der Waals surface area contributed by atoms with E-state index in [1.54, 1.807) is 18.5 Å². The number of aromatic nitrogens is 2. The van der Waals surface area contributed by atoms with Crippen LogP contribution in [0.5, 0.6) is 0 Å². The molecule has 27 heavy (non-hydrogen) atoms. The maximum Gasteiger partial charge on any atom is 0.419 e. The van der Waals surface area contributed by atoms with Crippen LogP contribution < -0.4 is 0 Å². The molecule has 142 valence electrons. The molecular formula is C21H21F3N2O. The van der Waals surface area contributed by atoms with Crippen LogP contribution in [0.1, 0.15) is 31.5 Å². The third-order valence-electron chi connectivity index (χ3n) is 6.21. The molecule has 0 unspecified atom stereocenters. The fraction of sp³-hybridized carbons (Fsp3) is 0.429. The molecule has 0 fully saturated rings. The number of aryl methyl sites for hydroxylation is 1. The first-order valence-corrected chi connectivity index (χ1v) is 9.10. The normalized spacial score (nSPS) is 27.8. The van der Waals surface area contributed by atoms with Gasteiger partial charge in [0.05, 0.1) is 17.0 Å². The van der Waals surface area contributed by atoms with E-state index in [0.717, 1.165) is 22.9 Å². The number of ketones is 1. The lowest BCUT2D eigenvalue weighted by Crippen LogP contribution is -2.47. The summed E-state index contributed by atoms with van der Waals surface area (Å²) in [6.07, 6.45) is -2.13. The first-order valence-electron chi connectivity index (χ1n) is 9.10. The molecule has 1 aromatic carbocycles. The van der Waals surface area contributed by atoms with E-state index in [1.807, 2.05) is 37.4 Å². The summed E-state index contributed by atoms with van der Waals surface area (Å²) in [6.45, 7) is 3.42. The minimum atomic E-state index is -4.64. The number of nitrogens with zero attached hydrogens (tertiary/aromatic N) is 2. The monoisotopic (exact) mass is 374 g/mol. The lowest BCUT2D eigenvalue weighted by atomic mass is 9.57. The molecule has 0 radical (unpaired) electrons. The minimum Gasteiger partial charge on any atom is -0.294 e. The first kappa shape index (κ1) is 18.0. The van der Waals surface area contributed by atoms with Gasteiger partial charge in [-0.25, -0.2) is 0 Å². The number of hydrogen-bond acceptors (Lipinski definition) is 2. The maximum absolute atomic E-state index is 13.5. The SMILES string of the molecule is C[C@@H]1C(=O)C(C(F)(F)F)=C[C@]2(C)c3nn(C)c(-c4ccccc4)c3CC[C@@H]12. The van der Waals surface area contributed by atoms with Gasteiger partial charge in [-0.2, -0.15) is 18.3 Å². The van der Waals surface area contributed by atoms with Crippen molar-refractivity contribution in [2.45, 2.75) is 38.3 Å². The van der Waals surface area contributed by atoms with Gasteiger partial charge in [-0.3, -0.25) is 9.48 Å². The molecule has 0 aliphatic heterocycles. The van der Waals surface area contributed by atoms with E-state index in [-0.39, 0.29) is 5.92 Å². The summed E-state index contributed by atoms with van der Waals surface area (Å²) < 4.78 is 42.3. The van der Waals surface area contributed by atoms with Crippen molar-refractivity contribution in [3.63, 3.8) is 0 Å². The molecule has 3 nitrogen and oxygen atoms in total. The topological polar surface area (TPSA) is 34.9 Å². The van der Waals surface area contributed by atoms with Crippen molar-refractivity contribution < 1.29 is 18.0 Å². The quantitative estimate of drug-likeness (QED) is 0.730. The maximum atomic E-state index is 13.5. The van der Waals surface area contributed by atoms with Crippen LogP contribution in [0.4, 0.5) is 13.2 Å². The highest BCUT2D eigenvalue weighted by atomic mass is 19.4. The van der Waals surface area contributed by atoms with Crippen molar-refractivity contribution in [2.24, 2.45) is 18.9 Å². The standard InChI is InChI=1S/C21H21F3N2O/c1-12-15-10-9-14-17(13-7-5-4-6-8-13)26(3)25-19(14)20(15,2)11-16(18(12)27)21(22,23)24/h4-8,11-12,15H,9-10H2,1-3H3/t12-,15-,20-/m0/s1. The van der Waals surface area contributed by atoms with E-state index in [9.17, 15) is 18.0 Å². The Morgan fingerprint density at radius 3 is 2.52 bits per heavy atom. The summed E-state index contributed by atoms with van der Waals surface area (Å²) in [6, 6.07) is 9.76. The summed E-state index contributed by atoms with van der Waals surface area (Å²) in [7, 11) is 1.82. The van der Waals surface area contributed by atoms with Crippen LogP contribution in [0.2, 0.25) is 0 Å². The first-order chi connectivity index (χ1) is 12.6. The van der Waals surface area contributed by atoms with E-state index in [0.29, 0.717) is 18.5 Å². The van der Waals surface area contributed by atoms with Crippen LogP contribution in [0, 0.1) is 11.8 Å². The van der Waals surface area contributed by atoms with Crippen molar-refractivity contribution in [2.75, 3.05) is 0 Å². The van der Waals surface area contributed by atoms with Crippen molar-refractivity contribution >= 4 is 5.78 Å². The minimum absolute atomic E-state index is 0.179. The van der Waals surface area contributed by atoms with Crippen molar-refractivity contribution in [1.29, 1.82) is 0 Å². The Kier molecular flexibility index (Phi) is 3.88. The summed E-state index contributed by atoms with van der Waals surface area (Å²) in [5.74, 6) is -1.65. The second-order valence-electron chi connectivity index (χ2n) is 7.80. The highest BCUT2D eigenvalue weighted by Gasteiger charge is 2.54. The molecule has 0 amide bonds. The summed E-state index contributed by atoms with van der Waals surface area (Å²) >= 11 is 0. The van der Waals surface area contributed by atoms with Crippen LogP contribution in [0.3, 0.4) is 0 Å². The van der Waals surface area contributed by atoms with Gasteiger partial charge in [-0.1, -0.05) is 50.3 Å². The van der Waals surface area contributed by atoms with Gasteiger partial charge in [-0.05, 0) is 18.8 Å². The molecule has 2 aromatic rings. The average Bonchev–Trinajstić information content (AvgIpc) is 2.95. The molecule has 2 aliphatic rings. The molecule has 6 heteroatoms. The van der Waals surface area contributed by atoms with E-state index >= 15 is 0 Å². The third kappa shape index (κ3) is 2.57. The Labute approximate surface area is 155 Å². The van der Waals surface area contributed by atoms with Gasteiger partial charge in [0.1, 0.15) is 0 Å². The zero-order valence-electron chi connectivity index (χ0n) is 15.5. The molecule has 4 rings (SSSR count). The second kappa shape index (κ2) is 5.81. The van der Waals surface area contributed by atoms with E-state index in [2.05, 4.69) is 5.10 Å². The van der Waals surface area contributed by atoms with E-state index < -0.39 is 28.9 Å². The lowest BCUT2D eigenvalue weighted by Gasteiger charge is -2.45. The number of carbonyl (C=O) groups is 1. The summed E-state index contributed by atoms with van der Waals surface area (Å²) in [5.41, 5.74) is 1.65. The highest BCUT2D eigenvalue weighted by Crippen LogP contribution is 2.52. The van der Waals surface area contributed by atoms with Gasteiger partial charge >= 0.3 is 6.18 Å². The van der Waals surface area contributed by atoms with Gasteiger partial charge in [-0.15, -0.1) is 0 Å². The highest BCUT2D eigenvalue weighted by molar-refractivity contribution is 6.00. The molecule has 2 aliphatic carbocycles. The summed E-state index contributed by atoms with van der Waals surface area (Å²) in [4.78, 5) is 12.4. The Balaban J connectivity index is 1.94. The van der Waals surface area contributed by atoms with Crippen LogP contribution in [-0.2, 0) is 23.7 Å². The average molecular weight is 374 g/mol. The Bertz CT molecular complexity index is 942. The molecule has 0 spiro atoms. The molecule has 0 saturated heterocycles. The summed E-state index contributed by atoms with van der Waals surface area (Å²) in [5, 5.41) is 4.65. The number of allylic oxidation sites excluding steroid dienone is 2. The van der Waals surface area contributed by atoms with Gasteiger partial charge in [0.15, 0.2) is 5.78 Å². The van der Waals surface area contributed by atoms with Gasteiger partial charge in [0.25, 0.3) is 0 Å². The molecule has 1 heterocycles. The number of hydrogen-bond donors (Lipinski definition) is 0. The molecule has 3 atom stereocenters. The molecule has 0 saturated carbocycles. The number of rotatable bonds is 1. The van der Waals surface area contributed by atoms with E-state index in [4.69, 9.17) is 0 Å². The van der Waals surface area contributed by atoms with Crippen LogP contribution in [0.15, 0.2) is 42.0 Å². The third-order valence-corrected chi connectivity index (χ3v) is 6.21. The largest absolute Gasteiger partial charge is 0.419 e. The van der Waals surface area contributed by atoms with Gasteiger partial charge in [0, 0.05) is 29.5 Å². The fourth-order valence-corrected chi connectivity index (χ4v) is 4.94. The zero-order chi connectivity index (χ0) is 19.6. The smallest absolute Gasteiger partial charge is 0.294 e. The van der Waals surface area contributed by atoms with Gasteiger partial charge in [0.2, 0.25) is 0 Å². The van der Waals surface area contributed by atoms with Crippen LogP contribution in [0.25, 0.3) is 11.3 Å². The second-order valence-corrected chi connectivity index (χ2v) is 7.80. The van der Waals surface area contributed by atoms with Crippen molar-refractivity contribution in [1.82, 2.24) is 9.78 Å². The number of Topliss-reactive ketones (excluding diaryl/α,β-unsaturated/α-hetero) is 1. The predicted molar refractivity (Wildman–Crippen MR) is 96.1 cm³/mol. The number of benzene rings is 1. The van der Waals surface area contributed by atoms with Crippen molar-refractivity contribution in [3.05, 3.63) is 53.2 Å². The van der Waals surface area contributed by atoms with E-state index in [1.165, 1.54) is 0 Å². The molecule has 0 N–H and O–H groups in total. The lowest BCUT2D eigenvalue weighted by molar-refractivity contribution is -0.136. The Morgan fingerprint density at radius 2 is 1.89 bits per heavy atom. The number of carbonyl (C=O) groups excluding carboxylic acids is 1. The van der Waals surface area contributed by atoms with Crippen molar-refractivity contribution in [3.8, 4) is 11.3 Å².